The van der Waals surface area contributed by atoms with Crippen LogP contribution in [-0.2, 0) is 6.42 Å². The lowest BCUT2D eigenvalue weighted by atomic mass is 9.97. The molecular weight excluding hydrogens is 284 g/mol. The highest BCUT2D eigenvalue weighted by Crippen LogP contribution is 2.31. The average molecular weight is 308 g/mol. The van der Waals surface area contributed by atoms with E-state index in [1.165, 1.54) is 24.4 Å². The van der Waals surface area contributed by atoms with Gasteiger partial charge in [-0.2, -0.15) is 0 Å². The van der Waals surface area contributed by atoms with Gasteiger partial charge in [-0.15, -0.1) is 5.10 Å². The zero-order valence-corrected chi connectivity index (χ0v) is 13.5. The molecule has 1 saturated heterocycles. The van der Waals surface area contributed by atoms with E-state index in [-0.39, 0.29) is 5.91 Å². The van der Waals surface area contributed by atoms with E-state index in [2.05, 4.69) is 26.7 Å². The molecule has 1 aromatic rings. The summed E-state index contributed by atoms with van der Waals surface area (Å²) in [6, 6.07) is 0.462. The fourth-order valence-corrected chi connectivity index (χ4v) is 3.69. The minimum atomic E-state index is 0.175. The van der Waals surface area contributed by atoms with Crippen LogP contribution in [-0.4, -0.2) is 46.1 Å². The molecule has 116 valence electrons. The second-order valence-corrected chi connectivity index (χ2v) is 6.93. The fourth-order valence-electron chi connectivity index (χ4n) is 3.03. The molecule has 1 N–H and O–H groups in total. The number of hydrogen-bond donors (Lipinski definition) is 1. The van der Waals surface area contributed by atoms with Gasteiger partial charge in [0.1, 0.15) is 4.88 Å². The standard InChI is InChI=1S/C15H24N4OS/c1-2-3-13-14(21-18-17-13)15(20)19(12-4-5-12)10-11-6-8-16-9-7-11/h11-12,16H,2-10H2,1H3. The largest absolute Gasteiger partial charge is 0.335 e. The van der Waals surface area contributed by atoms with Crippen molar-refractivity contribution in [3.63, 3.8) is 0 Å². The minimum Gasteiger partial charge on any atom is -0.335 e. The molecule has 1 amide bonds. The van der Waals surface area contributed by atoms with Gasteiger partial charge in [-0.1, -0.05) is 17.8 Å². The maximum atomic E-state index is 12.9. The van der Waals surface area contributed by atoms with Crippen LogP contribution in [0.15, 0.2) is 0 Å². The summed E-state index contributed by atoms with van der Waals surface area (Å²) in [5, 5.41) is 7.54. The zero-order valence-electron chi connectivity index (χ0n) is 12.7. The third kappa shape index (κ3) is 3.61. The van der Waals surface area contributed by atoms with Crippen LogP contribution in [0.4, 0.5) is 0 Å². The van der Waals surface area contributed by atoms with Crippen molar-refractivity contribution in [2.24, 2.45) is 5.92 Å². The van der Waals surface area contributed by atoms with Crippen LogP contribution in [0.25, 0.3) is 0 Å². The Bertz CT molecular complexity index is 480. The molecule has 0 bridgehead atoms. The zero-order chi connectivity index (χ0) is 14.7. The van der Waals surface area contributed by atoms with Gasteiger partial charge in [0.15, 0.2) is 0 Å². The lowest BCUT2D eigenvalue weighted by Gasteiger charge is -2.30. The topological polar surface area (TPSA) is 58.1 Å². The molecule has 0 atom stereocenters. The predicted molar refractivity (Wildman–Crippen MR) is 83.6 cm³/mol. The van der Waals surface area contributed by atoms with Crippen molar-refractivity contribution in [2.45, 2.75) is 51.5 Å². The van der Waals surface area contributed by atoms with Crippen molar-refractivity contribution in [3.8, 4) is 0 Å². The first-order valence-corrected chi connectivity index (χ1v) is 8.89. The number of nitrogens with zero attached hydrogens (tertiary/aromatic N) is 3. The normalized spacial score (nSPS) is 19.7. The smallest absolute Gasteiger partial charge is 0.267 e. The summed E-state index contributed by atoms with van der Waals surface area (Å²) >= 11 is 1.27. The summed E-state index contributed by atoms with van der Waals surface area (Å²) in [4.78, 5) is 15.8. The summed E-state index contributed by atoms with van der Waals surface area (Å²) < 4.78 is 4.00. The third-order valence-corrected chi connectivity index (χ3v) is 5.16. The maximum Gasteiger partial charge on any atom is 0.267 e. The van der Waals surface area contributed by atoms with Crippen molar-refractivity contribution >= 4 is 17.4 Å². The van der Waals surface area contributed by atoms with Crippen molar-refractivity contribution < 1.29 is 4.79 Å². The van der Waals surface area contributed by atoms with Crippen LogP contribution in [0, 0.1) is 5.92 Å². The molecule has 1 aliphatic carbocycles. The highest BCUT2D eigenvalue weighted by molar-refractivity contribution is 7.08. The molecular formula is C15H24N4OS. The number of aromatic nitrogens is 2. The third-order valence-electron chi connectivity index (χ3n) is 4.40. The highest BCUT2D eigenvalue weighted by Gasteiger charge is 2.36. The van der Waals surface area contributed by atoms with E-state index in [4.69, 9.17) is 0 Å². The van der Waals surface area contributed by atoms with Crippen LogP contribution in [0.2, 0.25) is 0 Å². The van der Waals surface area contributed by atoms with Gasteiger partial charge in [-0.05, 0) is 62.6 Å². The van der Waals surface area contributed by atoms with Crippen molar-refractivity contribution in [1.29, 1.82) is 0 Å². The second kappa shape index (κ2) is 6.83. The van der Waals surface area contributed by atoms with Gasteiger partial charge < -0.3 is 10.2 Å². The molecule has 0 unspecified atom stereocenters. The van der Waals surface area contributed by atoms with Gasteiger partial charge in [0.2, 0.25) is 0 Å². The van der Waals surface area contributed by atoms with E-state index in [1.54, 1.807) is 0 Å². The molecule has 1 aliphatic heterocycles. The molecule has 3 rings (SSSR count). The van der Waals surface area contributed by atoms with E-state index in [0.717, 1.165) is 55.9 Å². The summed E-state index contributed by atoms with van der Waals surface area (Å²) in [5.41, 5.74) is 0.892. The molecule has 6 heteroatoms. The summed E-state index contributed by atoms with van der Waals surface area (Å²) in [6.45, 7) is 5.19. The molecule has 21 heavy (non-hydrogen) atoms. The average Bonchev–Trinajstić information content (AvgIpc) is 3.25. The molecule has 1 saturated carbocycles. The Kier molecular flexibility index (Phi) is 4.85. The van der Waals surface area contributed by atoms with E-state index in [1.807, 2.05) is 0 Å². The van der Waals surface area contributed by atoms with E-state index in [0.29, 0.717) is 12.0 Å². The van der Waals surface area contributed by atoms with E-state index < -0.39 is 0 Å². The number of rotatable bonds is 6. The molecule has 5 nitrogen and oxygen atoms in total. The number of carbonyl (C=O) groups is 1. The van der Waals surface area contributed by atoms with Crippen molar-refractivity contribution in [1.82, 2.24) is 19.8 Å². The van der Waals surface area contributed by atoms with Gasteiger partial charge >= 0.3 is 0 Å². The molecule has 2 heterocycles. The predicted octanol–water partition coefficient (Wildman–Crippen LogP) is 2.09. The summed E-state index contributed by atoms with van der Waals surface area (Å²) in [7, 11) is 0. The van der Waals surface area contributed by atoms with Crippen molar-refractivity contribution in [3.05, 3.63) is 10.6 Å². The van der Waals surface area contributed by atoms with Crippen LogP contribution in [0.3, 0.4) is 0 Å². The molecule has 2 aliphatic rings. The minimum absolute atomic E-state index is 0.175. The Morgan fingerprint density at radius 2 is 2.10 bits per heavy atom. The lowest BCUT2D eigenvalue weighted by molar-refractivity contribution is 0.0705. The lowest BCUT2D eigenvalue weighted by Crippen LogP contribution is -2.40. The molecule has 0 aromatic carbocycles. The summed E-state index contributed by atoms with van der Waals surface area (Å²) in [6.07, 6.45) is 6.53. The van der Waals surface area contributed by atoms with Crippen LogP contribution in [0.1, 0.15) is 54.4 Å². The Balaban J connectivity index is 1.70. The molecule has 1 aromatic heterocycles. The van der Waals surface area contributed by atoms with Crippen LogP contribution < -0.4 is 5.32 Å². The first-order chi connectivity index (χ1) is 10.3. The van der Waals surface area contributed by atoms with Crippen LogP contribution >= 0.6 is 11.5 Å². The first kappa shape index (κ1) is 14.9. The number of amides is 1. The number of piperidine rings is 1. The fraction of sp³-hybridized carbons (Fsp3) is 0.800. The number of nitrogens with one attached hydrogen (secondary N) is 1. The Morgan fingerprint density at radius 3 is 2.76 bits per heavy atom. The Hall–Kier alpha value is -1.01. The first-order valence-electron chi connectivity index (χ1n) is 8.12. The number of carbonyl (C=O) groups excluding carboxylic acids is 1. The molecule has 0 radical (unpaired) electrons. The molecule has 0 spiro atoms. The Morgan fingerprint density at radius 1 is 1.33 bits per heavy atom. The van der Waals surface area contributed by atoms with Gasteiger partial charge in [-0.3, -0.25) is 4.79 Å². The monoisotopic (exact) mass is 308 g/mol. The summed E-state index contributed by atoms with van der Waals surface area (Å²) in [5.74, 6) is 0.820. The number of aryl methyl sites for hydroxylation is 1. The Labute approximate surface area is 130 Å². The van der Waals surface area contributed by atoms with Gasteiger partial charge in [-0.25, -0.2) is 0 Å². The maximum absolute atomic E-state index is 12.9. The van der Waals surface area contributed by atoms with Gasteiger partial charge in [0.25, 0.3) is 5.91 Å². The molecule has 2 fully saturated rings. The quantitative estimate of drug-likeness (QED) is 0.874. The van der Waals surface area contributed by atoms with Crippen molar-refractivity contribution in [2.75, 3.05) is 19.6 Å². The SMILES string of the molecule is CCCc1nnsc1C(=O)N(CC1CCNCC1)C1CC1. The van der Waals surface area contributed by atoms with Gasteiger partial charge in [0.05, 0.1) is 5.69 Å². The van der Waals surface area contributed by atoms with E-state index in [9.17, 15) is 4.79 Å². The van der Waals surface area contributed by atoms with Gasteiger partial charge in [0, 0.05) is 12.6 Å². The second-order valence-electron chi connectivity index (χ2n) is 6.18. The van der Waals surface area contributed by atoms with E-state index >= 15 is 0 Å². The van der Waals surface area contributed by atoms with Crippen LogP contribution in [0.5, 0.6) is 0 Å². The highest BCUT2D eigenvalue weighted by atomic mass is 32.1. The number of hydrogen-bond acceptors (Lipinski definition) is 5.